The second kappa shape index (κ2) is 10.9. The Labute approximate surface area is 207 Å². The van der Waals surface area contributed by atoms with Crippen molar-refractivity contribution in [1.82, 2.24) is 4.98 Å². The number of aryl methyl sites for hydroxylation is 1. The average molecular weight is 491 g/mol. The molecule has 1 heterocycles. The highest BCUT2D eigenvalue weighted by molar-refractivity contribution is 6.30. The number of halogens is 1. The number of ether oxygens (including phenoxy) is 2. The molecule has 0 radical (unpaired) electrons. The molecule has 0 spiro atoms. The van der Waals surface area contributed by atoms with Gasteiger partial charge in [0.2, 0.25) is 5.91 Å². The summed E-state index contributed by atoms with van der Waals surface area (Å²) in [4.78, 5) is 40.0. The molecule has 4 aromatic rings. The third-order valence-corrected chi connectivity index (χ3v) is 5.57. The highest BCUT2D eigenvalue weighted by Crippen LogP contribution is 2.24. The Morgan fingerprint density at radius 3 is 2.40 bits per heavy atom. The number of hydrogen-bond donors (Lipinski definition) is 2. The van der Waals surface area contributed by atoms with Gasteiger partial charge in [-0.3, -0.25) is 4.79 Å². The lowest BCUT2D eigenvalue weighted by Gasteiger charge is -2.07. The molecule has 0 aliphatic carbocycles. The molecule has 0 saturated heterocycles. The van der Waals surface area contributed by atoms with Crippen LogP contribution < -0.4 is 10.1 Å². The largest absolute Gasteiger partial charge is 0.462 e. The van der Waals surface area contributed by atoms with Gasteiger partial charge in [0.15, 0.2) is 0 Å². The van der Waals surface area contributed by atoms with Gasteiger partial charge >= 0.3 is 11.9 Å². The summed E-state index contributed by atoms with van der Waals surface area (Å²) in [7, 11) is 0. The number of aromatic nitrogens is 1. The maximum absolute atomic E-state index is 12.8. The molecular weight excluding hydrogens is 468 g/mol. The summed E-state index contributed by atoms with van der Waals surface area (Å²) in [5.74, 6) is -0.846. The molecule has 4 rings (SSSR count). The van der Waals surface area contributed by atoms with Gasteiger partial charge in [-0.25, -0.2) is 9.59 Å². The van der Waals surface area contributed by atoms with E-state index in [1.807, 2.05) is 12.1 Å². The third-order valence-electron chi connectivity index (χ3n) is 5.32. The van der Waals surface area contributed by atoms with Crippen LogP contribution in [0.15, 0.2) is 72.9 Å². The monoisotopic (exact) mass is 490 g/mol. The molecule has 7 nitrogen and oxygen atoms in total. The van der Waals surface area contributed by atoms with E-state index < -0.39 is 11.9 Å². The number of carbonyl (C=O) groups is 3. The predicted octanol–water partition coefficient (Wildman–Crippen LogP) is 5.79. The molecule has 2 N–H and O–H groups in total. The zero-order chi connectivity index (χ0) is 24.8. The molecule has 0 aliphatic rings. The molecule has 1 aromatic heterocycles. The van der Waals surface area contributed by atoms with Crippen LogP contribution in [0.3, 0.4) is 0 Å². The second-order valence-corrected chi connectivity index (χ2v) is 8.21. The Bertz CT molecular complexity index is 1360. The first-order chi connectivity index (χ1) is 16.9. The normalized spacial score (nSPS) is 10.7. The number of carbonyl (C=O) groups excluding carboxylic acids is 3. The van der Waals surface area contributed by atoms with Gasteiger partial charge in [0.1, 0.15) is 5.75 Å². The van der Waals surface area contributed by atoms with Crippen LogP contribution >= 0.6 is 11.6 Å². The van der Waals surface area contributed by atoms with Crippen LogP contribution in [-0.4, -0.2) is 29.4 Å². The Kier molecular flexibility index (Phi) is 7.48. The molecule has 8 heteroatoms. The number of amides is 1. The fourth-order valence-electron chi connectivity index (χ4n) is 3.54. The molecule has 0 atom stereocenters. The van der Waals surface area contributed by atoms with Crippen molar-refractivity contribution < 1.29 is 23.9 Å². The molecule has 0 unspecified atom stereocenters. The smallest absolute Gasteiger partial charge is 0.345 e. The van der Waals surface area contributed by atoms with Crippen molar-refractivity contribution in [2.24, 2.45) is 0 Å². The number of esters is 2. The Hall–Kier alpha value is -4.10. The Morgan fingerprint density at radius 2 is 1.69 bits per heavy atom. The summed E-state index contributed by atoms with van der Waals surface area (Å²) in [5.41, 5.74) is 3.02. The van der Waals surface area contributed by atoms with Gasteiger partial charge in [-0.2, -0.15) is 0 Å². The number of rotatable bonds is 8. The van der Waals surface area contributed by atoms with E-state index in [0.717, 1.165) is 11.1 Å². The van der Waals surface area contributed by atoms with E-state index in [1.165, 1.54) is 24.3 Å². The lowest BCUT2D eigenvalue weighted by atomic mass is 10.1. The zero-order valence-corrected chi connectivity index (χ0v) is 19.7. The summed E-state index contributed by atoms with van der Waals surface area (Å²) in [6.07, 6.45) is 2.46. The maximum Gasteiger partial charge on any atom is 0.345 e. The number of anilines is 1. The molecule has 35 heavy (non-hydrogen) atoms. The van der Waals surface area contributed by atoms with E-state index in [9.17, 15) is 14.4 Å². The van der Waals surface area contributed by atoms with Crippen molar-refractivity contribution >= 4 is 46.0 Å². The molecular formula is C27H23ClN2O5. The minimum atomic E-state index is -0.564. The second-order valence-electron chi connectivity index (χ2n) is 7.77. The molecule has 1 amide bonds. The predicted molar refractivity (Wildman–Crippen MR) is 134 cm³/mol. The summed E-state index contributed by atoms with van der Waals surface area (Å²) in [6, 6.07) is 18.8. The zero-order valence-electron chi connectivity index (χ0n) is 19.0. The van der Waals surface area contributed by atoms with E-state index in [2.05, 4.69) is 10.3 Å². The van der Waals surface area contributed by atoms with Crippen molar-refractivity contribution in [2.75, 3.05) is 11.9 Å². The van der Waals surface area contributed by atoms with Crippen molar-refractivity contribution in [2.45, 2.75) is 19.8 Å². The number of benzene rings is 3. The summed E-state index contributed by atoms with van der Waals surface area (Å²) in [6.45, 7) is 2.01. The van der Waals surface area contributed by atoms with Gasteiger partial charge in [-0.05, 0) is 73.5 Å². The van der Waals surface area contributed by atoms with Crippen LogP contribution in [0.1, 0.15) is 39.6 Å². The van der Waals surface area contributed by atoms with Crippen molar-refractivity contribution in [3.63, 3.8) is 0 Å². The molecule has 0 bridgehead atoms. The molecule has 0 fully saturated rings. The topological polar surface area (TPSA) is 97.5 Å². The third kappa shape index (κ3) is 6.07. The number of nitrogens with one attached hydrogen (secondary N) is 2. The first-order valence-electron chi connectivity index (χ1n) is 11.1. The van der Waals surface area contributed by atoms with E-state index in [0.29, 0.717) is 45.8 Å². The van der Waals surface area contributed by atoms with Crippen molar-refractivity contribution in [1.29, 1.82) is 0 Å². The van der Waals surface area contributed by atoms with E-state index in [-0.39, 0.29) is 12.5 Å². The lowest BCUT2D eigenvalue weighted by molar-refractivity contribution is -0.116. The van der Waals surface area contributed by atoms with Gasteiger partial charge in [0.25, 0.3) is 0 Å². The summed E-state index contributed by atoms with van der Waals surface area (Å²) in [5, 5.41) is 4.15. The maximum atomic E-state index is 12.8. The van der Waals surface area contributed by atoms with Crippen LogP contribution in [0.4, 0.5) is 5.69 Å². The minimum Gasteiger partial charge on any atom is -0.462 e. The standard InChI is InChI=1S/C27H23ClN2O5/c1-2-34-26(32)18-6-11-21(12-7-18)35-27(33)23-16-29-24-13-10-20(15-22(23)24)30-25(31)14-5-17-3-8-19(28)9-4-17/h3-4,6-13,15-16,29H,2,5,14H2,1H3,(H,30,31). The van der Waals surface area contributed by atoms with Crippen LogP contribution in [0.25, 0.3) is 10.9 Å². The first kappa shape index (κ1) is 24.0. The molecule has 0 saturated carbocycles. The number of fused-ring (bicyclic) bond motifs is 1. The van der Waals surface area contributed by atoms with Crippen LogP contribution in [0.2, 0.25) is 5.02 Å². The first-order valence-corrected chi connectivity index (χ1v) is 11.5. The van der Waals surface area contributed by atoms with Gasteiger partial charge in [-0.1, -0.05) is 23.7 Å². The number of hydrogen-bond acceptors (Lipinski definition) is 5. The minimum absolute atomic E-state index is 0.138. The Balaban J connectivity index is 1.41. The average Bonchev–Trinajstić information content (AvgIpc) is 3.28. The van der Waals surface area contributed by atoms with E-state index in [1.54, 1.807) is 43.5 Å². The quantitative estimate of drug-likeness (QED) is 0.241. The van der Waals surface area contributed by atoms with Crippen molar-refractivity contribution in [3.8, 4) is 5.75 Å². The van der Waals surface area contributed by atoms with Crippen LogP contribution in [0, 0.1) is 0 Å². The van der Waals surface area contributed by atoms with Gasteiger partial charge in [0.05, 0.1) is 17.7 Å². The lowest BCUT2D eigenvalue weighted by Crippen LogP contribution is -2.12. The highest BCUT2D eigenvalue weighted by atomic mass is 35.5. The van der Waals surface area contributed by atoms with Crippen LogP contribution in [-0.2, 0) is 16.0 Å². The van der Waals surface area contributed by atoms with Gasteiger partial charge in [-0.15, -0.1) is 0 Å². The summed E-state index contributed by atoms with van der Waals surface area (Å²) < 4.78 is 10.4. The molecule has 178 valence electrons. The highest BCUT2D eigenvalue weighted by Gasteiger charge is 2.16. The number of aromatic amines is 1. The van der Waals surface area contributed by atoms with Crippen LogP contribution in [0.5, 0.6) is 5.75 Å². The van der Waals surface area contributed by atoms with Gasteiger partial charge in [0, 0.05) is 34.2 Å². The van der Waals surface area contributed by atoms with E-state index in [4.69, 9.17) is 21.1 Å². The fraction of sp³-hybridized carbons (Fsp3) is 0.148. The number of H-pyrrole nitrogens is 1. The molecule has 3 aromatic carbocycles. The Morgan fingerprint density at radius 1 is 0.943 bits per heavy atom. The van der Waals surface area contributed by atoms with E-state index >= 15 is 0 Å². The van der Waals surface area contributed by atoms with Gasteiger partial charge < -0.3 is 19.8 Å². The molecule has 0 aliphatic heterocycles. The van der Waals surface area contributed by atoms with Crippen molar-refractivity contribution in [3.05, 3.63) is 94.6 Å². The SMILES string of the molecule is CCOC(=O)c1ccc(OC(=O)c2c[nH]c3ccc(NC(=O)CCc4ccc(Cl)cc4)cc23)cc1. The fourth-order valence-corrected chi connectivity index (χ4v) is 3.66. The summed E-state index contributed by atoms with van der Waals surface area (Å²) >= 11 is 5.90.